The van der Waals surface area contributed by atoms with Crippen LogP contribution in [0.25, 0.3) is 17.0 Å². The van der Waals surface area contributed by atoms with Crippen molar-refractivity contribution in [2.24, 2.45) is 0 Å². The van der Waals surface area contributed by atoms with Gasteiger partial charge in [0.05, 0.1) is 23.3 Å². The van der Waals surface area contributed by atoms with Crippen molar-refractivity contribution < 1.29 is 14.3 Å². The van der Waals surface area contributed by atoms with Crippen LogP contribution in [0, 0.1) is 0 Å². The number of carbonyl (C=O) groups is 2. The Morgan fingerprint density at radius 3 is 2.44 bits per heavy atom. The summed E-state index contributed by atoms with van der Waals surface area (Å²) in [5.74, 6) is -0.607. The number of aromatic nitrogens is 1. The van der Waals surface area contributed by atoms with Gasteiger partial charge in [0.25, 0.3) is 5.91 Å². The van der Waals surface area contributed by atoms with E-state index < -0.39 is 5.97 Å². The Labute approximate surface area is 206 Å². The Morgan fingerprint density at radius 1 is 1.00 bits per heavy atom. The maximum Gasteiger partial charge on any atom is 0.337 e. The minimum Gasteiger partial charge on any atom is -0.465 e. The van der Waals surface area contributed by atoms with Crippen molar-refractivity contribution >= 4 is 62.8 Å². The SMILES string of the molecule is COC(=O)c1ccc(N2C(=O)C(=Cc3cn(Cc4ccccc4)c4ccccc34)SC2=S)cc1. The Hall–Kier alpha value is -3.68. The van der Waals surface area contributed by atoms with E-state index in [9.17, 15) is 9.59 Å². The molecule has 1 fully saturated rings. The van der Waals surface area contributed by atoms with E-state index in [-0.39, 0.29) is 5.91 Å². The molecule has 34 heavy (non-hydrogen) atoms. The van der Waals surface area contributed by atoms with Gasteiger partial charge >= 0.3 is 5.97 Å². The fraction of sp³-hybridized carbons (Fsp3) is 0.0741. The van der Waals surface area contributed by atoms with Gasteiger partial charge in [0, 0.05) is 29.2 Å². The highest BCUT2D eigenvalue weighted by Crippen LogP contribution is 2.37. The fourth-order valence-electron chi connectivity index (χ4n) is 4.00. The number of fused-ring (bicyclic) bond motifs is 1. The average Bonchev–Trinajstić information content (AvgIpc) is 3.35. The molecule has 168 valence electrons. The predicted octanol–water partition coefficient (Wildman–Crippen LogP) is 5.88. The third kappa shape index (κ3) is 4.16. The van der Waals surface area contributed by atoms with Gasteiger partial charge in [-0.1, -0.05) is 72.5 Å². The van der Waals surface area contributed by atoms with Crippen LogP contribution in [0.3, 0.4) is 0 Å². The topological polar surface area (TPSA) is 51.5 Å². The minimum absolute atomic E-state index is 0.180. The number of amides is 1. The molecule has 0 saturated carbocycles. The average molecular weight is 485 g/mol. The van der Waals surface area contributed by atoms with Crippen molar-refractivity contribution in [2.75, 3.05) is 12.0 Å². The Balaban J connectivity index is 1.47. The van der Waals surface area contributed by atoms with Crippen molar-refractivity contribution in [3.05, 3.63) is 107 Å². The minimum atomic E-state index is -0.427. The van der Waals surface area contributed by atoms with Crippen molar-refractivity contribution in [1.82, 2.24) is 4.57 Å². The number of methoxy groups -OCH3 is 1. The summed E-state index contributed by atoms with van der Waals surface area (Å²) in [5.41, 5.74) is 4.31. The third-order valence-corrected chi connectivity index (χ3v) is 6.94. The predicted molar refractivity (Wildman–Crippen MR) is 141 cm³/mol. The molecule has 5 rings (SSSR count). The summed E-state index contributed by atoms with van der Waals surface area (Å²) in [6, 6.07) is 25.1. The molecule has 0 unspecified atom stereocenters. The second kappa shape index (κ2) is 9.29. The number of rotatable bonds is 5. The van der Waals surface area contributed by atoms with Crippen LogP contribution in [0.2, 0.25) is 0 Å². The third-order valence-electron chi connectivity index (χ3n) is 5.64. The number of nitrogens with zero attached hydrogens (tertiary/aromatic N) is 2. The van der Waals surface area contributed by atoms with Gasteiger partial charge in [-0.3, -0.25) is 9.69 Å². The molecule has 1 amide bonds. The van der Waals surface area contributed by atoms with E-state index in [0.717, 1.165) is 23.0 Å². The number of carbonyl (C=O) groups excluding carboxylic acids is 2. The number of benzene rings is 3. The lowest BCUT2D eigenvalue weighted by molar-refractivity contribution is -0.113. The lowest BCUT2D eigenvalue weighted by atomic mass is 10.1. The molecular weight excluding hydrogens is 464 g/mol. The number of hydrogen-bond acceptors (Lipinski definition) is 5. The summed E-state index contributed by atoms with van der Waals surface area (Å²) in [4.78, 5) is 27.0. The smallest absolute Gasteiger partial charge is 0.337 e. The van der Waals surface area contributed by atoms with Crippen molar-refractivity contribution in [2.45, 2.75) is 6.54 Å². The van der Waals surface area contributed by atoms with Crippen LogP contribution in [0.5, 0.6) is 0 Å². The van der Waals surface area contributed by atoms with Crippen LogP contribution >= 0.6 is 24.0 Å². The summed E-state index contributed by atoms with van der Waals surface area (Å²) in [6.07, 6.45) is 3.99. The molecule has 5 nitrogen and oxygen atoms in total. The molecule has 0 atom stereocenters. The zero-order chi connectivity index (χ0) is 23.7. The zero-order valence-corrected chi connectivity index (χ0v) is 19.9. The summed E-state index contributed by atoms with van der Waals surface area (Å²) < 4.78 is 7.39. The molecule has 0 aliphatic carbocycles. The molecule has 0 radical (unpaired) electrons. The highest BCUT2D eigenvalue weighted by atomic mass is 32.2. The van der Waals surface area contributed by atoms with E-state index in [1.165, 1.54) is 29.3 Å². The standard InChI is InChI=1S/C27H20N2O3S2/c1-32-26(31)19-11-13-21(14-12-19)29-25(30)24(34-27(29)33)15-20-17-28(16-18-7-3-2-4-8-18)23-10-6-5-9-22(20)23/h2-15,17H,16H2,1H3. The van der Waals surface area contributed by atoms with Gasteiger partial charge in [-0.2, -0.15) is 0 Å². The highest BCUT2D eigenvalue weighted by molar-refractivity contribution is 8.27. The number of para-hydroxylation sites is 1. The summed E-state index contributed by atoms with van der Waals surface area (Å²) in [6.45, 7) is 0.739. The Bertz CT molecular complexity index is 1440. The second-order valence-corrected chi connectivity index (χ2v) is 9.45. The van der Waals surface area contributed by atoms with E-state index in [1.807, 2.05) is 36.4 Å². The van der Waals surface area contributed by atoms with Gasteiger partial charge in [0.2, 0.25) is 0 Å². The molecule has 4 aromatic rings. The van der Waals surface area contributed by atoms with Crippen LogP contribution in [0.15, 0.2) is 90.0 Å². The van der Waals surface area contributed by atoms with Crippen LogP contribution in [-0.4, -0.2) is 27.9 Å². The van der Waals surface area contributed by atoms with Gasteiger partial charge < -0.3 is 9.30 Å². The maximum atomic E-state index is 13.3. The summed E-state index contributed by atoms with van der Waals surface area (Å²) in [7, 11) is 1.33. The van der Waals surface area contributed by atoms with Crippen LogP contribution in [0.4, 0.5) is 5.69 Å². The first-order chi connectivity index (χ1) is 16.5. The van der Waals surface area contributed by atoms with Gasteiger partial charge in [0.1, 0.15) is 0 Å². The van der Waals surface area contributed by atoms with Crippen molar-refractivity contribution in [3.63, 3.8) is 0 Å². The molecule has 1 aromatic heterocycles. The van der Waals surface area contributed by atoms with Crippen molar-refractivity contribution in [1.29, 1.82) is 0 Å². The monoisotopic (exact) mass is 484 g/mol. The van der Waals surface area contributed by atoms with Crippen molar-refractivity contribution in [3.8, 4) is 0 Å². The number of ether oxygens (including phenoxy) is 1. The molecule has 0 N–H and O–H groups in total. The normalized spacial score (nSPS) is 14.9. The van der Waals surface area contributed by atoms with E-state index in [4.69, 9.17) is 17.0 Å². The molecule has 2 heterocycles. The van der Waals surface area contributed by atoms with Gasteiger partial charge in [-0.05, 0) is 42.0 Å². The molecule has 1 saturated heterocycles. The second-order valence-electron chi connectivity index (χ2n) is 7.77. The van der Waals surface area contributed by atoms with Gasteiger partial charge in [0.15, 0.2) is 4.32 Å². The Morgan fingerprint density at radius 2 is 1.71 bits per heavy atom. The van der Waals surface area contributed by atoms with Gasteiger partial charge in [-0.25, -0.2) is 4.79 Å². The van der Waals surface area contributed by atoms with E-state index in [2.05, 4.69) is 35.0 Å². The molecule has 1 aliphatic rings. The molecular formula is C27H20N2O3S2. The molecule has 0 spiro atoms. The molecule has 0 bridgehead atoms. The number of anilines is 1. The lowest BCUT2D eigenvalue weighted by Gasteiger charge is -2.14. The van der Waals surface area contributed by atoms with E-state index in [1.54, 1.807) is 24.3 Å². The lowest BCUT2D eigenvalue weighted by Crippen LogP contribution is -2.27. The summed E-state index contributed by atoms with van der Waals surface area (Å²) in [5, 5.41) is 1.08. The zero-order valence-electron chi connectivity index (χ0n) is 18.3. The van der Waals surface area contributed by atoms with E-state index in [0.29, 0.717) is 20.5 Å². The first-order valence-electron chi connectivity index (χ1n) is 10.6. The van der Waals surface area contributed by atoms with Crippen LogP contribution < -0.4 is 4.90 Å². The van der Waals surface area contributed by atoms with E-state index >= 15 is 0 Å². The van der Waals surface area contributed by atoms with Gasteiger partial charge in [-0.15, -0.1) is 0 Å². The van der Waals surface area contributed by atoms with Crippen LogP contribution in [-0.2, 0) is 16.1 Å². The Kier molecular flexibility index (Phi) is 6.04. The number of hydrogen-bond donors (Lipinski definition) is 0. The first kappa shape index (κ1) is 22.1. The fourth-order valence-corrected chi connectivity index (χ4v) is 5.29. The molecule has 7 heteroatoms. The molecule has 3 aromatic carbocycles. The van der Waals surface area contributed by atoms with Crippen LogP contribution in [0.1, 0.15) is 21.5 Å². The number of esters is 1. The quantitative estimate of drug-likeness (QED) is 0.201. The first-order valence-corrected chi connectivity index (χ1v) is 11.9. The summed E-state index contributed by atoms with van der Waals surface area (Å²) >= 11 is 6.79. The maximum absolute atomic E-state index is 13.3. The largest absolute Gasteiger partial charge is 0.465 e. The molecule has 1 aliphatic heterocycles. The highest BCUT2D eigenvalue weighted by Gasteiger charge is 2.33. The number of thioether (sulfide) groups is 1. The number of thiocarbonyl (C=S) groups is 1.